The predicted octanol–water partition coefficient (Wildman–Crippen LogP) is 3.00. The SMILES string of the molecule is CCCC(=O)Oc1cccc(C(=O)O)c1OC1CCCCO1. The van der Waals surface area contributed by atoms with E-state index in [1.165, 1.54) is 18.2 Å². The topological polar surface area (TPSA) is 82.1 Å². The number of carboxylic acids is 1. The summed E-state index contributed by atoms with van der Waals surface area (Å²) >= 11 is 0. The van der Waals surface area contributed by atoms with E-state index in [0.717, 1.165) is 12.8 Å². The number of ether oxygens (including phenoxy) is 3. The molecule has 0 radical (unpaired) electrons. The number of carbonyl (C=O) groups is 2. The summed E-state index contributed by atoms with van der Waals surface area (Å²) in [5, 5.41) is 9.30. The Morgan fingerprint density at radius 1 is 1.36 bits per heavy atom. The van der Waals surface area contributed by atoms with Gasteiger partial charge in [0.1, 0.15) is 5.56 Å². The van der Waals surface area contributed by atoms with Crippen LogP contribution in [-0.4, -0.2) is 29.9 Å². The number of aromatic carboxylic acids is 1. The Bertz CT molecular complexity index is 533. The van der Waals surface area contributed by atoms with E-state index in [-0.39, 0.29) is 23.5 Å². The summed E-state index contributed by atoms with van der Waals surface area (Å²) in [6.07, 6.45) is 2.98. The Labute approximate surface area is 129 Å². The van der Waals surface area contributed by atoms with Crippen LogP contribution in [0.1, 0.15) is 49.4 Å². The zero-order valence-corrected chi connectivity index (χ0v) is 12.5. The Balaban J connectivity index is 2.25. The molecule has 1 aromatic rings. The third-order valence-electron chi connectivity index (χ3n) is 3.27. The van der Waals surface area contributed by atoms with Crippen molar-refractivity contribution in [1.82, 2.24) is 0 Å². The molecular formula is C16H20O6. The molecule has 0 spiro atoms. The predicted molar refractivity (Wildman–Crippen MR) is 78.2 cm³/mol. The molecule has 1 atom stereocenters. The quantitative estimate of drug-likeness (QED) is 0.642. The minimum atomic E-state index is -1.14. The highest BCUT2D eigenvalue weighted by molar-refractivity contribution is 5.92. The Kier molecular flexibility index (Phi) is 5.77. The molecular weight excluding hydrogens is 288 g/mol. The van der Waals surface area contributed by atoms with E-state index in [4.69, 9.17) is 14.2 Å². The lowest BCUT2D eigenvalue weighted by atomic mass is 10.1. The first-order chi connectivity index (χ1) is 10.6. The minimum absolute atomic E-state index is 0.0454. The van der Waals surface area contributed by atoms with Gasteiger partial charge < -0.3 is 19.3 Å². The van der Waals surface area contributed by atoms with Crippen LogP contribution in [0.2, 0.25) is 0 Å². The van der Waals surface area contributed by atoms with Gasteiger partial charge in [0.25, 0.3) is 0 Å². The summed E-state index contributed by atoms with van der Waals surface area (Å²) in [6, 6.07) is 4.46. The van der Waals surface area contributed by atoms with Gasteiger partial charge in [-0.25, -0.2) is 4.79 Å². The lowest BCUT2D eigenvalue weighted by Gasteiger charge is -2.25. The fourth-order valence-electron chi connectivity index (χ4n) is 2.20. The van der Waals surface area contributed by atoms with Gasteiger partial charge in [-0.15, -0.1) is 0 Å². The highest BCUT2D eigenvalue weighted by Gasteiger charge is 2.23. The van der Waals surface area contributed by atoms with Gasteiger partial charge in [-0.3, -0.25) is 4.79 Å². The van der Waals surface area contributed by atoms with Crippen LogP contribution in [-0.2, 0) is 9.53 Å². The monoisotopic (exact) mass is 308 g/mol. The van der Waals surface area contributed by atoms with Crippen molar-refractivity contribution in [3.8, 4) is 11.5 Å². The third kappa shape index (κ3) is 4.21. The van der Waals surface area contributed by atoms with Crippen LogP contribution >= 0.6 is 0 Å². The number of carbonyl (C=O) groups excluding carboxylic acids is 1. The summed E-state index contributed by atoms with van der Waals surface area (Å²) in [7, 11) is 0. The lowest BCUT2D eigenvalue weighted by Crippen LogP contribution is -2.26. The molecule has 0 aliphatic carbocycles. The molecule has 1 unspecified atom stereocenters. The largest absolute Gasteiger partial charge is 0.478 e. The first-order valence-electron chi connectivity index (χ1n) is 7.47. The maximum atomic E-state index is 11.7. The van der Waals surface area contributed by atoms with E-state index < -0.39 is 18.2 Å². The highest BCUT2D eigenvalue weighted by atomic mass is 16.7. The molecule has 0 bridgehead atoms. The number of hydrogen-bond acceptors (Lipinski definition) is 5. The van der Waals surface area contributed by atoms with Crippen molar-refractivity contribution in [3.05, 3.63) is 23.8 Å². The van der Waals surface area contributed by atoms with E-state index in [1.807, 2.05) is 6.92 Å². The van der Waals surface area contributed by atoms with Gasteiger partial charge in [-0.2, -0.15) is 0 Å². The van der Waals surface area contributed by atoms with Gasteiger partial charge >= 0.3 is 11.9 Å². The van der Waals surface area contributed by atoms with Gasteiger partial charge in [-0.05, 0) is 31.4 Å². The van der Waals surface area contributed by atoms with Crippen molar-refractivity contribution in [2.75, 3.05) is 6.61 Å². The molecule has 1 aromatic carbocycles. The molecule has 1 aliphatic rings. The maximum Gasteiger partial charge on any atom is 0.339 e. The molecule has 6 heteroatoms. The zero-order valence-electron chi connectivity index (χ0n) is 12.5. The molecule has 6 nitrogen and oxygen atoms in total. The number of hydrogen-bond donors (Lipinski definition) is 1. The summed E-state index contributed by atoms with van der Waals surface area (Å²) in [4.78, 5) is 23.0. The van der Waals surface area contributed by atoms with Crippen molar-refractivity contribution in [2.24, 2.45) is 0 Å². The van der Waals surface area contributed by atoms with E-state index in [1.54, 1.807) is 0 Å². The van der Waals surface area contributed by atoms with E-state index in [9.17, 15) is 14.7 Å². The van der Waals surface area contributed by atoms with Gasteiger partial charge in [-0.1, -0.05) is 13.0 Å². The average molecular weight is 308 g/mol. The minimum Gasteiger partial charge on any atom is -0.478 e. The van der Waals surface area contributed by atoms with Gasteiger partial charge in [0, 0.05) is 12.8 Å². The van der Waals surface area contributed by atoms with Crippen molar-refractivity contribution >= 4 is 11.9 Å². The second-order valence-corrected chi connectivity index (χ2v) is 5.08. The van der Waals surface area contributed by atoms with E-state index >= 15 is 0 Å². The molecule has 1 saturated heterocycles. The number of carboxylic acid groups (broad SMARTS) is 1. The van der Waals surface area contributed by atoms with Gasteiger partial charge in [0.05, 0.1) is 6.61 Å². The van der Waals surface area contributed by atoms with Crippen LogP contribution in [0.25, 0.3) is 0 Å². The second kappa shape index (κ2) is 7.79. The summed E-state index contributed by atoms with van der Waals surface area (Å²) in [5.41, 5.74) is -0.0454. The second-order valence-electron chi connectivity index (χ2n) is 5.08. The van der Waals surface area contributed by atoms with E-state index in [2.05, 4.69) is 0 Å². The normalized spacial score (nSPS) is 17.8. The van der Waals surface area contributed by atoms with Crippen LogP contribution in [0.15, 0.2) is 18.2 Å². The number of benzene rings is 1. The van der Waals surface area contributed by atoms with Crippen molar-refractivity contribution < 1.29 is 28.9 Å². The van der Waals surface area contributed by atoms with Crippen LogP contribution in [0.4, 0.5) is 0 Å². The van der Waals surface area contributed by atoms with E-state index in [0.29, 0.717) is 19.4 Å². The fraction of sp³-hybridized carbons (Fsp3) is 0.500. The molecule has 1 fully saturated rings. The first-order valence-corrected chi connectivity index (χ1v) is 7.47. The fourth-order valence-corrected chi connectivity index (χ4v) is 2.20. The molecule has 0 aromatic heterocycles. The number of esters is 1. The Morgan fingerprint density at radius 3 is 2.82 bits per heavy atom. The zero-order chi connectivity index (χ0) is 15.9. The molecule has 1 N–H and O–H groups in total. The molecule has 0 saturated carbocycles. The number of para-hydroxylation sites is 1. The molecule has 0 amide bonds. The van der Waals surface area contributed by atoms with Crippen LogP contribution < -0.4 is 9.47 Å². The Hall–Kier alpha value is -2.08. The van der Waals surface area contributed by atoms with Crippen LogP contribution in [0.5, 0.6) is 11.5 Å². The maximum absolute atomic E-state index is 11.7. The number of rotatable bonds is 6. The summed E-state index contributed by atoms with van der Waals surface area (Å²) in [6.45, 7) is 2.44. The van der Waals surface area contributed by atoms with Crippen molar-refractivity contribution in [1.29, 1.82) is 0 Å². The van der Waals surface area contributed by atoms with Gasteiger partial charge in [0.2, 0.25) is 0 Å². The molecule has 22 heavy (non-hydrogen) atoms. The Morgan fingerprint density at radius 2 is 2.18 bits per heavy atom. The van der Waals surface area contributed by atoms with Crippen LogP contribution in [0, 0.1) is 0 Å². The first kappa shape index (κ1) is 16.3. The van der Waals surface area contributed by atoms with Crippen molar-refractivity contribution in [2.45, 2.75) is 45.3 Å². The lowest BCUT2D eigenvalue weighted by molar-refractivity contribution is -0.135. The molecule has 2 rings (SSSR count). The molecule has 120 valence electrons. The molecule has 1 aliphatic heterocycles. The highest BCUT2D eigenvalue weighted by Crippen LogP contribution is 2.34. The average Bonchev–Trinajstić information content (AvgIpc) is 2.50. The summed E-state index contributed by atoms with van der Waals surface area (Å²) in [5.74, 6) is -1.39. The third-order valence-corrected chi connectivity index (χ3v) is 3.27. The van der Waals surface area contributed by atoms with Gasteiger partial charge in [0.15, 0.2) is 17.8 Å². The smallest absolute Gasteiger partial charge is 0.339 e. The van der Waals surface area contributed by atoms with Crippen molar-refractivity contribution in [3.63, 3.8) is 0 Å². The summed E-state index contributed by atoms with van der Waals surface area (Å²) < 4.78 is 16.4. The standard InChI is InChI=1S/C16H20O6/c1-2-6-13(17)21-12-8-5-7-11(16(18)19)15(12)22-14-9-3-4-10-20-14/h5,7-8,14H,2-4,6,9-10H2,1H3,(H,18,19). The molecule has 1 heterocycles. The van der Waals surface area contributed by atoms with Crippen LogP contribution in [0.3, 0.4) is 0 Å².